The summed E-state index contributed by atoms with van der Waals surface area (Å²) in [6.07, 6.45) is 0.345. The third kappa shape index (κ3) is 3.80. The Morgan fingerprint density at radius 1 is 1.33 bits per heavy atom. The van der Waals surface area contributed by atoms with E-state index in [0.29, 0.717) is 6.10 Å². The number of hydrogen-bond donors (Lipinski definition) is 0. The SMILES string of the molecule is Cc1ccccc1CN1CCO[C@H](CN(C)C)C1. The number of benzene rings is 1. The summed E-state index contributed by atoms with van der Waals surface area (Å²) in [5, 5.41) is 0. The van der Waals surface area contributed by atoms with Crippen LogP contribution in [0.5, 0.6) is 0 Å². The highest BCUT2D eigenvalue weighted by Crippen LogP contribution is 2.13. The Morgan fingerprint density at radius 2 is 2.11 bits per heavy atom. The Bertz CT molecular complexity index is 379. The first-order chi connectivity index (χ1) is 8.65. The fourth-order valence-corrected chi connectivity index (χ4v) is 2.47. The molecule has 100 valence electrons. The summed E-state index contributed by atoms with van der Waals surface area (Å²) in [5.41, 5.74) is 2.82. The minimum Gasteiger partial charge on any atom is -0.374 e. The highest BCUT2D eigenvalue weighted by molar-refractivity contribution is 5.25. The molecule has 0 radical (unpaired) electrons. The van der Waals surface area contributed by atoms with Crippen molar-refractivity contribution in [3.8, 4) is 0 Å². The van der Waals surface area contributed by atoms with Gasteiger partial charge in [0.2, 0.25) is 0 Å². The van der Waals surface area contributed by atoms with Gasteiger partial charge in [-0.1, -0.05) is 24.3 Å². The smallest absolute Gasteiger partial charge is 0.0829 e. The fourth-order valence-electron chi connectivity index (χ4n) is 2.47. The van der Waals surface area contributed by atoms with E-state index in [4.69, 9.17) is 4.74 Å². The summed E-state index contributed by atoms with van der Waals surface area (Å²) in [4.78, 5) is 4.70. The molecule has 0 aliphatic carbocycles. The summed E-state index contributed by atoms with van der Waals surface area (Å²) in [5.74, 6) is 0. The van der Waals surface area contributed by atoms with Gasteiger partial charge >= 0.3 is 0 Å². The predicted molar refractivity (Wildman–Crippen MR) is 74.8 cm³/mol. The third-order valence-corrected chi connectivity index (χ3v) is 3.45. The van der Waals surface area contributed by atoms with Crippen LogP contribution in [0, 0.1) is 6.92 Å². The molecule has 2 rings (SSSR count). The lowest BCUT2D eigenvalue weighted by atomic mass is 10.1. The van der Waals surface area contributed by atoms with Crippen LogP contribution in [0.2, 0.25) is 0 Å². The van der Waals surface area contributed by atoms with E-state index < -0.39 is 0 Å². The predicted octanol–water partition coefficient (Wildman–Crippen LogP) is 1.76. The first-order valence-electron chi connectivity index (χ1n) is 6.68. The Hall–Kier alpha value is -0.900. The van der Waals surface area contributed by atoms with Crippen molar-refractivity contribution in [3.05, 3.63) is 35.4 Å². The van der Waals surface area contributed by atoms with Gasteiger partial charge in [0.25, 0.3) is 0 Å². The lowest BCUT2D eigenvalue weighted by Gasteiger charge is -2.34. The summed E-state index contributed by atoms with van der Waals surface area (Å²) >= 11 is 0. The van der Waals surface area contributed by atoms with Crippen molar-refractivity contribution in [1.82, 2.24) is 9.80 Å². The normalized spacial score (nSPS) is 21.4. The molecule has 0 N–H and O–H groups in total. The van der Waals surface area contributed by atoms with Crippen LogP contribution in [0.3, 0.4) is 0 Å². The van der Waals surface area contributed by atoms with Gasteiger partial charge in [0.05, 0.1) is 12.7 Å². The number of rotatable bonds is 4. The molecule has 3 heteroatoms. The summed E-state index contributed by atoms with van der Waals surface area (Å²) in [6, 6.07) is 8.64. The number of likely N-dealkylation sites (N-methyl/N-ethyl adjacent to an activating group) is 1. The quantitative estimate of drug-likeness (QED) is 0.807. The minimum atomic E-state index is 0.345. The van der Waals surface area contributed by atoms with E-state index in [1.165, 1.54) is 11.1 Å². The molecule has 0 aromatic heterocycles. The second-order valence-corrected chi connectivity index (χ2v) is 5.42. The Morgan fingerprint density at radius 3 is 2.83 bits per heavy atom. The second kappa shape index (κ2) is 6.32. The summed E-state index contributed by atoms with van der Waals surface area (Å²) in [7, 11) is 4.20. The zero-order valence-electron chi connectivity index (χ0n) is 11.7. The van der Waals surface area contributed by atoms with Gasteiger partial charge in [-0.3, -0.25) is 4.90 Å². The van der Waals surface area contributed by atoms with Crippen molar-refractivity contribution >= 4 is 0 Å². The van der Waals surface area contributed by atoms with Gasteiger partial charge in [0.1, 0.15) is 0 Å². The Kier molecular flexibility index (Phi) is 4.75. The highest BCUT2D eigenvalue weighted by atomic mass is 16.5. The number of hydrogen-bond acceptors (Lipinski definition) is 3. The van der Waals surface area contributed by atoms with Gasteiger partial charge in [0.15, 0.2) is 0 Å². The van der Waals surface area contributed by atoms with Crippen molar-refractivity contribution in [2.24, 2.45) is 0 Å². The van der Waals surface area contributed by atoms with Gasteiger partial charge < -0.3 is 9.64 Å². The van der Waals surface area contributed by atoms with Crippen LogP contribution in [0.15, 0.2) is 24.3 Å². The molecule has 1 aromatic rings. The molecular formula is C15H24N2O. The molecule has 1 atom stereocenters. The largest absolute Gasteiger partial charge is 0.374 e. The van der Waals surface area contributed by atoms with Crippen molar-refractivity contribution in [3.63, 3.8) is 0 Å². The van der Waals surface area contributed by atoms with Crippen LogP contribution in [-0.4, -0.2) is 56.2 Å². The van der Waals surface area contributed by atoms with Crippen LogP contribution in [-0.2, 0) is 11.3 Å². The number of aryl methyl sites for hydroxylation is 1. The number of ether oxygens (including phenoxy) is 1. The van der Waals surface area contributed by atoms with Gasteiger partial charge in [-0.05, 0) is 32.1 Å². The van der Waals surface area contributed by atoms with E-state index in [1.807, 2.05) is 0 Å². The first kappa shape index (κ1) is 13.5. The summed E-state index contributed by atoms with van der Waals surface area (Å²) < 4.78 is 5.80. The van der Waals surface area contributed by atoms with Crippen LogP contribution >= 0.6 is 0 Å². The molecule has 1 fully saturated rings. The molecule has 3 nitrogen and oxygen atoms in total. The maximum atomic E-state index is 5.80. The lowest BCUT2D eigenvalue weighted by molar-refractivity contribution is -0.0407. The minimum absolute atomic E-state index is 0.345. The van der Waals surface area contributed by atoms with Crippen LogP contribution in [0.4, 0.5) is 0 Å². The van der Waals surface area contributed by atoms with Crippen molar-refractivity contribution in [2.45, 2.75) is 19.6 Å². The van der Waals surface area contributed by atoms with Gasteiger partial charge in [-0.2, -0.15) is 0 Å². The zero-order chi connectivity index (χ0) is 13.0. The van der Waals surface area contributed by atoms with Crippen molar-refractivity contribution in [2.75, 3.05) is 40.3 Å². The average Bonchev–Trinajstić information content (AvgIpc) is 2.32. The lowest BCUT2D eigenvalue weighted by Crippen LogP contribution is -2.46. The molecule has 0 bridgehead atoms. The number of nitrogens with zero attached hydrogens (tertiary/aromatic N) is 2. The topological polar surface area (TPSA) is 15.7 Å². The second-order valence-electron chi connectivity index (χ2n) is 5.42. The molecule has 18 heavy (non-hydrogen) atoms. The van der Waals surface area contributed by atoms with Gasteiger partial charge in [-0.25, -0.2) is 0 Å². The molecule has 0 amide bonds. The van der Waals surface area contributed by atoms with Crippen LogP contribution < -0.4 is 0 Å². The fraction of sp³-hybridized carbons (Fsp3) is 0.600. The van der Waals surface area contributed by atoms with E-state index in [1.54, 1.807) is 0 Å². The molecule has 1 heterocycles. The molecule has 1 aliphatic rings. The molecule has 0 spiro atoms. The molecule has 1 aromatic carbocycles. The first-order valence-corrected chi connectivity index (χ1v) is 6.68. The van der Waals surface area contributed by atoms with Gasteiger partial charge in [0, 0.05) is 26.2 Å². The average molecular weight is 248 g/mol. The summed E-state index contributed by atoms with van der Waals surface area (Å²) in [6.45, 7) is 7.16. The monoisotopic (exact) mass is 248 g/mol. The maximum Gasteiger partial charge on any atom is 0.0829 e. The van der Waals surface area contributed by atoms with Gasteiger partial charge in [-0.15, -0.1) is 0 Å². The molecule has 1 aliphatic heterocycles. The number of morpholine rings is 1. The Labute approximate surface area is 110 Å². The van der Waals surface area contributed by atoms with E-state index in [0.717, 1.165) is 32.8 Å². The Balaban J connectivity index is 1.91. The van der Waals surface area contributed by atoms with E-state index >= 15 is 0 Å². The van der Waals surface area contributed by atoms with Crippen LogP contribution in [0.25, 0.3) is 0 Å². The van der Waals surface area contributed by atoms with Crippen molar-refractivity contribution in [1.29, 1.82) is 0 Å². The highest BCUT2D eigenvalue weighted by Gasteiger charge is 2.21. The van der Waals surface area contributed by atoms with E-state index in [-0.39, 0.29) is 0 Å². The molecule has 0 unspecified atom stereocenters. The standard InChI is InChI=1S/C15H24N2O/c1-13-6-4-5-7-14(13)10-17-8-9-18-15(12-17)11-16(2)3/h4-7,15H,8-12H2,1-3H3/t15-/m1/s1. The van der Waals surface area contributed by atoms with Crippen LogP contribution in [0.1, 0.15) is 11.1 Å². The molecule has 0 saturated carbocycles. The zero-order valence-corrected chi connectivity index (χ0v) is 11.7. The van der Waals surface area contributed by atoms with E-state index in [9.17, 15) is 0 Å². The molecular weight excluding hydrogens is 224 g/mol. The maximum absolute atomic E-state index is 5.80. The van der Waals surface area contributed by atoms with Crippen molar-refractivity contribution < 1.29 is 4.74 Å². The molecule has 1 saturated heterocycles. The van der Waals surface area contributed by atoms with E-state index in [2.05, 4.69) is 55.1 Å². The third-order valence-electron chi connectivity index (χ3n) is 3.45.